The van der Waals surface area contributed by atoms with Crippen LogP contribution in [0.5, 0.6) is 5.75 Å². The SMILES string of the molecule is CC(Sc1nnc(COc2ccccc2Cl)n1C1CC1)c1ccc(F)cc1F. The highest BCUT2D eigenvalue weighted by atomic mass is 35.5. The van der Waals surface area contributed by atoms with Gasteiger partial charge in [-0.1, -0.05) is 41.6 Å². The lowest BCUT2D eigenvalue weighted by Crippen LogP contribution is -2.07. The van der Waals surface area contributed by atoms with Gasteiger partial charge in [-0.15, -0.1) is 10.2 Å². The van der Waals surface area contributed by atoms with Crippen LogP contribution >= 0.6 is 23.4 Å². The van der Waals surface area contributed by atoms with Crippen LogP contribution in [0.4, 0.5) is 8.78 Å². The van der Waals surface area contributed by atoms with Gasteiger partial charge in [-0.2, -0.15) is 0 Å². The van der Waals surface area contributed by atoms with Crippen molar-refractivity contribution in [2.24, 2.45) is 0 Å². The maximum Gasteiger partial charge on any atom is 0.192 e. The van der Waals surface area contributed by atoms with Crippen LogP contribution in [0.1, 0.15) is 42.4 Å². The van der Waals surface area contributed by atoms with Gasteiger partial charge in [0.25, 0.3) is 0 Å². The summed E-state index contributed by atoms with van der Waals surface area (Å²) in [4.78, 5) is 0. The lowest BCUT2D eigenvalue weighted by Gasteiger charge is -2.14. The Kier molecular flexibility index (Phi) is 5.55. The number of nitrogens with zero attached hydrogens (tertiary/aromatic N) is 3. The first kappa shape index (κ1) is 19.2. The van der Waals surface area contributed by atoms with Gasteiger partial charge in [0.05, 0.1) is 5.02 Å². The van der Waals surface area contributed by atoms with Gasteiger partial charge in [0.1, 0.15) is 24.0 Å². The first-order valence-electron chi connectivity index (χ1n) is 8.95. The van der Waals surface area contributed by atoms with Gasteiger partial charge >= 0.3 is 0 Å². The van der Waals surface area contributed by atoms with E-state index in [2.05, 4.69) is 14.8 Å². The van der Waals surface area contributed by atoms with Crippen molar-refractivity contribution in [2.75, 3.05) is 0 Å². The van der Waals surface area contributed by atoms with Crippen LogP contribution in [0.3, 0.4) is 0 Å². The molecular weight excluding hydrogens is 404 g/mol. The predicted octanol–water partition coefficient (Wildman–Crippen LogP) is 5.98. The van der Waals surface area contributed by atoms with Gasteiger partial charge in [0.2, 0.25) is 0 Å². The highest BCUT2D eigenvalue weighted by molar-refractivity contribution is 7.99. The van der Waals surface area contributed by atoms with Crippen LogP contribution in [0, 0.1) is 11.6 Å². The molecule has 1 saturated carbocycles. The molecule has 1 unspecified atom stereocenters. The van der Waals surface area contributed by atoms with Crippen LogP contribution in [-0.4, -0.2) is 14.8 Å². The summed E-state index contributed by atoms with van der Waals surface area (Å²) in [7, 11) is 0. The van der Waals surface area contributed by atoms with Crippen LogP contribution in [0.25, 0.3) is 0 Å². The van der Waals surface area contributed by atoms with Gasteiger partial charge < -0.3 is 4.74 Å². The van der Waals surface area contributed by atoms with Crippen molar-refractivity contribution < 1.29 is 13.5 Å². The Hall–Kier alpha value is -2.12. The van der Waals surface area contributed by atoms with Crippen LogP contribution in [0.15, 0.2) is 47.6 Å². The zero-order chi connectivity index (χ0) is 19.7. The summed E-state index contributed by atoms with van der Waals surface area (Å²) < 4.78 is 35.1. The Labute approximate surface area is 170 Å². The van der Waals surface area contributed by atoms with Gasteiger partial charge in [-0.25, -0.2) is 8.78 Å². The van der Waals surface area contributed by atoms with E-state index in [0.29, 0.717) is 33.4 Å². The lowest BCUT2D eigenvalue weighted by molar-refractivity contribution is 0.288. The molecule has 146 valence electrons. The van der Waals surface area contributed by atoms with Crippen molar-refractivity contribution in [1.82, 2.24) is 14.8 Å². The minimum atomic E-state index is -0.585. The largest absolute Gasteiger partial charge is 0.484 e. The molecule has 28 heavy (non-hydrogen) atoms. The predicted molar refractivity (Wildman–Crippen MR) is 105 cm³/mol. The van der Waals surface area contributed by atoms with Gasteiger partial charge in [-0.3, -0.25) is 4.57 Å². The quantitative estimate of drug-likeness (QED) is 0.440. The maximum absolute atomic E-state index is 14.1. The second-order valence-electron chi connectivity index (χ2n) is 6.64. The summed E-state index contributed by atoms with van der Waals surface area (Å²) in [6, 6.07) is 11.2. The van der Waals surface area contributed by atoms with E-state index in [1.165, 1.54) is 23.9 Å². The van der Waals surface area contributed by atoms with Gasteiger partial charge in [-0.05, 0) is 38.0 Å². The number of rotatable bonds is 7. The highest BCUT2D eigenvalue weighted by Crippen LogP contribution is 2.42. The molecule has 0 spiro atoms. The minimum Gasteiger partial charge on any atom is -0.484 e. The van der Waals surface area contributed by atoms with Crippen molar-refractivity contribution in [3.8, 4) is 5.75 Å². The third-order valence-corrected chi connectivity index (χ3v) is 5.93. The van der Waals surface area contributed by atoms with E-state index >= 15 is 0 Å². The summed E-state index contributed by atoms with van der Waals surface area (Å²) in [5.74, 6) is 0.153. The molecule has 8 heteroatoms. The third-order valence-electron chi connectivity index (χ3n) is 4.52. The summed E-state index contributed by atoms with van der Waals surface area (Å²) in [6.45, 7) is 2.11. The number of thioether (sulfide) groups is 1. The van der Waals surface area contributed by atoms with Gasteiger partial charge in [0, 0.05) is 22.9 Å². The topological polar surface area (TPSA) is 39.9 Å². The van der Waals surface area contributed by atoms with E-state index in [0.717, 1.165) is 18.9 Å². The van der Waals surface area contributed by atoms with E-state index in [9.17, 15) is 8.78 Å². The van der Waals surface area contributed by atoms with Gasteiger partial charge in [0.15, 0.2) is 11.0 Å². The first-order valence-corrected chi connectivity index (χ1v) is 10.2. The first-order chi connectivity index (χ1) is 13.5. The molecule has 2 aromatic carbocycles. The standard InChI is InChI=1S/C20H18ClF2N3OS/c1-12(15-9-6-13(22)10-17(15)23)28-20-25-24-19(26(20)14-7-8-14)11-27-18-5-3-2-4-16(18)21/h2-6,9-10,12,14H,7-8,11H2,1H3. The van der Waals surface area contributed by atoms with E-state index < -0.39 is 11.6 Å². The Morgan fingerprint density at radius 3 is 2.71 bits per heavy atom. The number of benzene rings is 2. The molecule has 1 aromatic heterocycles. The molecule has 3 aromatic rings. The highest BCUT2D eigenvalue weighted by Gasteiger charge is 2.31. The maximum atomic E-state index is 14.1. The summed E-state index contributed by atoms with van der Waals surface area (Å²) in [5, 5.41) is 9.57. The monoisotopic (exact) mass is 421 g/mol. The third kappa shape index (κ3) is 4.15. The molecule has 4 rings (SSSR count). The van der Waals surface area contributed by atoms with E-state index in [-0.39, 0.29) is 11.9 Å². The van der Waals surface area contributed by atoms with Crippen LogP contribution < -0.4 is 4.74 Å². The molecule has 1 heterocycles. The number of hydrogen-bond donors (Lipinski definition) is 0. The zero-order valence-corrected chi connectivity index (χ0v) is 16.7. The number of aromatic nitrogens is 3. The number of hydrogen-bond acceptors (Lipinski definition) is 4. The summed E-state index contributed by atoms with van der Waals surface area (Å²) in [6.07, 6.45) is 2.09. The molecular formula is C20H18ClF2N3OS. The lowest BCUT2D eigenvalue weighted by atomic mass is 10.1. The molecule has 0 amide bonds. The summed E-state index contributed by atoms with van der Waals surface area (Å²) in [5.41, 5.74) is 0.436. The van der Waals surface area contributed by atoms with Crippen molar-refractivity contribution in [2.45, 2.75) is 42.8 Å². The van der Waals surface area contributed by atoms with Crippen molar-refractivity contribution in [3.05, 3.63) is 70.5 Å². The normalized spacial score (nSPS) is 14.9. The van der Waals surface area contributed by atoms with Crippen molar-refractivity contribution in [1.29, 1.82) is 0 Å². The second kappa shape index (κ2) is 8.09. The minimum absolute atomic E-state index is 0.236. The average Bonchev–Trinajstić information content (AvgIpc) is 3.42. The van der Waals surface area contributed by atoms with E-state index in [1.807, 2.05) is 19.1 Å². The fourth-order valence-corrected chi connectivity index (χ4v) is 4.22. The number of para-hydroxylation sites is 1. The number of halogens is 3. The van der Waals surface area contributed by atoms with Crippen molar-refractivity contribution >= 4 is 23.4 Å². The Morgan fingerprint density at radius 2 is 2.00 bits per heavy atom. The molecule has 0 aliphatic heterocycles. The molecule has 4 nitrogen and oxygen atoms in total. The van der Waals surface area contributed by atoms with Crippen LogP contribution in [0.2, 0.25) is 5.02 Å². The molecule has 1 aliphatic rings. The second-order valence-corrected chi connectivity index (χ2v) is 8.36. The molecule has 0 radical (unpaired) electrons. The summed E-state index contributed by atoms with van der Waals surface area (Å²) >= 11 is 7.54. The molecule has 0 bridgehead atoms. The zero-order valence-electron chi connectivity index (χ0n) is 15.1. The fraction of sp³-hybridized carbons (Fsp3) is 0.300. The fourth-order valence-electron chi connectivity index (χ4n) is 2.94. The van der Waals surface area contributed by atoms with Crippen LogP contribution in [-0.2, 0) is 6.61 Å². The van der Waals surface area contributed by atoms with E-state index in [1.54, 1.807) is 12.1 Å². The Morgan fingerprint density at radius 1 is 1.21 bits per heavy atom. The Balaban J connectivity index is 1.53. The smallest absolute Gasteiger partial charge is 0.192 e. The molecule has 1 fully saturated rings. The molecule has 0 saturated heterocycles. The molecule has 1 atom stereocenters. The molecule has 1 aliphatic carbocycles. The van der Waals surface area contributed by atoms with E-state index in [4.69, 9.17) is 16.3 Å². The Bertz CT molecular complexity index is 993. The van der Waals surface area contributed by atoms with Crippen molar-refractivity contribution in [3.63, 3.8) is 0 Å². The average molecular weight is 422 g/mol. The number of ether oxygens (including phenoxy) is 1. The molecule has 0 N–H and O–H groups in total.